The van der Waals surface area contributed by atoms with E-state index in [-0.39, 0.29) is 24.1 Å². The van der Waals surface area contributed by atoms with Gasteiger partial charge in [-0.3, -0.25) is 4.79 Å². The fourth-order valence-corrected chi connectivity index (χ4v) is 2.26. The molecule has 0 aliphatic carbocycles. The molecule has 0 radical (unpaired) electrons. The molecule has 1 aromatic heterocycles. The number of aliphatic hydroxyl groups excluding tert-OH is 1. The molecular formula is C12H16N2O5. The van der Waals surface area contributed by atoms with E-state index in [1.807, 2.05) is 0 Å². The molecule has 0 spiro atoms. The molecule has 2 heterocycles. The number of aromatic nitrogens is 1. The summed E-state index contributed by atoms with van der Waals surface area (Å²) in [5, 5.41) is 21.6. The number of aliphatic hydroxyl groups is 1. The van der Waals surface area contributed by atoms with Crippen molar-refractivity contribution in [1.29, 1.82) is 0 Å². The number of carbonyl (C=O) groups excluding carboxylic acids is 1. The summed E-state index contributed by atoms with van der Waals surface area (Å²) in [6.45, 7) is 0.439. The summed E-state index contributed by atoms with van der Waals surface area (Å²) in [4.78, 5) is 24.5. The minimum atomic E-state index is -1.26. The summed E-state index contributed by atoms with van der Waals surface area (Å²) in [6.07, 6.45) is 3.59. The monoisotopic (exact) mass is 268 g/mol. The van der Waals surface area contributed by atoms with E-state index in [9.17, 15) is 14.7 Å². The number of hydrogen-bond donors (Lipinski definition) is 2. The van der Waals surface area contributed by atoms with Gasteiger partial charge in [0, 0.05) is 12.6 Å². The first-order valence-corrected chi connectivity index (χ1v) is 6.25. The van der Waals surface area contributed by atoms with Crippen molar-refractivity contribution in [2.75, 3.05) is 13.2 Å². The third kappa shape index (κ3) is 2.93. The van der Waals surface area contributed by atoms with Gasteiger partial charge in [0.1, 0.15) is 0 Å². The maximum atomic E-state index is 12.3. The van der Waals surface area contributed by atoms with Gasteiger partial charge in [0.15, 0.2) is 5.69 Å². The van der Waals surface area contributed by atoms with E-state index < -0.39 is 11.9 Å². The Morgan fingerprint density at radius 2 is 2.21 bits per heavy atom. The number of carboxylic acids is 1. The van der Waals surface area contributed by atoms with Gasteiger partial charge < -0.3 is 19.6 Å². The van der Waals surface area contributed by atoms with Crippen LogP contribution < -0.4 is 0 Å². The number of hydrogen-bond acceptors (Lipinski definition) is 5. The summed E-state index contributed by atoms with van der Waals surface area (Å²) in [7, 11) is 0. The largest absolute Gasteiger partial charge is 0.475 e. The average Bonchev–Trinajstić information content (AvgIpc) is 2.77. The van der Waals surface area contributed by atoms with Crippen LogP contribution in [0.15, 0.2) is 10.6 Å². The normalized spacial score (nSPS) is 20.1. The van der Waals surface area contributed by atoms with Crippen molar-refractivity contribution in [1.82, 2.24) is 10.1 Å². The van der Waals surface area contributed by atoms with Crippen LogP contribution in [0.2, 0.25) is 0 Å². The van der Waals surface area contributed by atoms with Crippen LogP contribution in [-0.4, -0.2) is 51.3 Å². The molecular weight excluding hydrogens is 252 g/mol. The van der Waals surface area contributed by atoms with E-state index in [1.54, 1.807) is 4.90 Å². The molecule has 7 heteroatoms. The third-order valence-corrected chi connectivity index (χ3v) is 3.29. The molecule has 1 aliphatic heterocycles. The molecule has 1 saturated heterocycles. The van der Waals surface area contributed by atoms with Crippen molar-refractivity contribution >= 4 is 11.9 Å². The Balaban J connectivity index is 2.17. The Kier molecular flexibility index (Phi) is 4.16. The van der Waals surface area contributed by atoms with E-state index in [2.05, 4.69) is 9.68 Å². The molecule has 0 aromatic carbocycles. The SMILES string of the molecule is O=C(O)c1cc(C(=O)N2CCCCCC2CO)no1. The number of nitrogens with zero attached hydrogens (tertiary/aromatic N) is 2. The van der Waals surface area contributed by atoms with Crippen molar-refractivity contribution in [2.45, 2.75) is 31.7 Å². The lowest BCUT2D eigenvalue weighted by atomic mass is 10.1. The highest BCUT2D eigenvalue weighted by Crippen LogP contribution is 2.19. The Hall–Kier alpha value is -1.89. The zero-order valence-corrected chi connectivity index (χ0v) is 10.4. The van der Waals surface area contributed by atoms with Crippen molar-refractivity contribution < 1.29 is 24.3 Å². The second-order valence-electron chi connectivity index (χ2n) is 4.57. The zero-order chi connectivity index (χ0) is 13.8. The molecule has 2 rings (SSSR count). The van der Waals surface area contributed by atoms with Gasteiger partial charge in [-0.05, 0) is 12.8 Å². The molecule has 1 fully saturated rings. The molecule has 1 amide bonds. The van der Waals surface area contributed by atoms with Crippen LogP contribution >= 0.6 is 0 Å². The van der Waals surface area contributed by atoms with E-state index in [0.29, 0.717) is 6.54 Å². The van der Waals surface area contributed by atoms with Crippen molar-refractivity contribution in [2.24, 2.45) is 0 Å². The Morgan fingerprint density at radius 3 is 2.84 bits per heavy atom. The van der Waals surface area contributed by atoms with Crippen LogP contribution in [0.1, 0.15) is 46.7 Å². The minimum absolute atomic E-state index is 0.0299. The summed E-state index contributed by atoms with van der Waals surface area (Å²) in [5.41, 5.74) is -0.0299. The number of aromatic carboxylic acids is 1. The average molecular weight is 268 g/mol. The summed E-state index contributed by atoms with van der Waals surface area (Å²) in [5.74, 6) is -2.02. The Bertz CT molecular complexity index is 470. The van der Waals surface area contributed by atoms with Crippen LogP contribution in [0, 0.1) is 0 Å². The van der Waals surface area contributed by atoms with Crippen molar-refractivity contribution in [3.8, 4) is 0 Å². The quantitative estimate of drug-likeness (QED) is 0.838. The third-order valence-electron chi connectivity index (χ3n) is 3.29. The van der Waals surface area contributed by atoms with Gasteiger partial charge in [0.05, 0.1) is 12.6 Å². The maximum Gasteiger partial charge on any atom is 0.374 e. The number of rotatable bonds is 3. The topological polar surface area (TPSA) is 104 Å². The first-order chi connectivity index (χ1) is 9.13. The number of amides is 1. The fraction of sp³-hybridized carbons (Fsp3) is 0.583. The van der Waals surface area contributed by atoms with E-state index in [4.69, 9.17) is 5.11 Å². The molecule has 0 saturated carbocycles. The lowest BCUT2D eigenvalue weighted by Gasteiger charge is -2.27. The van der Waals surface area contributed by atoms with Crippen LogP contribution in [-0.2, 0) is 0 Å². The first-order valence-electron chi connectivity index (χ1n) is 6.25. The van der Waals surface area contributed by atoms with E-state index in [1.165, 1.54) is 0 Å². The van der Waals surface area contributed by atoms with Crippen LogP contribution in [0.25, 0.3) is 0 Å². The molecule has 0 bridgehead atoms. The van der Waals surface area contributed by atoms with Crippen LogP contribution in [0.3, 0.4) is 0 Å². The van der Waals surface area contributed by atoms with Gasteiger partial charge in [-0.1, -0.05) is 18.0 Å². The highest BCUT2D eigenvalue weighted by molar-refractivity contribution is 5.95. The van der Waals surface area contributed by atoms with Crippen LogP contribution in [0.5, 0.6) is 0 Å². The van der Waals surface area contributed by atoms with Gasteiger partial charge in [-0.15, -0.1) is 0 Å². The lowest BCUT2D eigenvalue weighted by Crippen LogP contribution is -2.42. The Labute approximate surface area is 109 Å². The highest BCUT2D eigenvalue weighted by atomic mass is 16.5. The molecule has 1 aromatic rings. The molecule has 2 N–H and O–H groups in total. The molecule has 7 nitrogen and oxygen atoms in total. The number of carboxylic acid groups (broad SMARTS) is 1. The van der Waals surface area contributed by atoms with Crippen LogP contribution in [0.4, 0.5) is 0 Å². The summed E-state index contributed by atoms with van der Waals surface area (Å²) >= 11 is 0. The molecule has 1 aliphatic rings. The molecule has 1 atom stereocenters. The predicted molar refractivity (Wildman–Crippen MR) is 63.8 cm³/mol. The van der Waals surface area contributed by atoms with Crippen molar-refractivity contribution in [3.63, 3.8) is 0 Å². The predicted octanol–water partition coefficient (Wildman–Crippen LogP) is 0.750. The lowest BCUT2D eigenvalue weighted by molar-refractivity contribution is 0.0585. The summed E-state index contributed by atoms with van der Waals surface area (Å²) < 4.78 is 4.58. The second kappa shape index (κ2) is 5.83. The van der Waals surface area contributed by atoms with Gasteiger partial charge in [-0.25, -0.2) is 4.79 Å². The smallest absolute Gasteiger partial charge is 0.374 e. The minimum Gasteiger partial charge on any atom is -0.475 e. The zero-order valence-electron chi connectivity index (χ0n) is 10.4. The van der Waals surface area contributed by atoms with Crippen molar-refractivity contribution in [3.05, 3.63) is 17.5 Å². The van der Waals surface area contributed by atoms with Gasteiger partial charge in [-0.2, -0.15) is 0 Å². The molecule has 104 valence electrons. The second-order valence-corrected chi connectivity index (χ2v) is 4.57. The first kappa shape index (κ1) is 13.5. The fourth-order valence-electron chi connectivity index (χ4n) is 2.26. The standard InChI is InChI=1S/C12H16N2O5/c15-7-8-4-2-1-3-5-14(8)11(16)9-6-10(12(17)18)19-13-9/h6,8,15H,1-5,7H2,(H,17,18). The highest BCUT2D eigenvalue weighted by Gasteiger charge is 2.28. The van der Waals surface area contributed by atoms with Gasteiger partial charge in [0.2, 0.25) is 5.76 Å². The Morgan fingerprint density at radius 1 is 1.42 bits per heavy atom. The van der Waals surface area contributed by atoms with E-state index >= 15 is 0 Å². The summed E-state index contributed by atoms with van der Waals surface area (Å²) in [6, 6.07) is 0.879. The molecule has 1 unspecified atom stereocenters. The maximum absolute atomic E-state index is 12.3. The van der Waals surface area contributed by atoms with Gasteiger partial charge >= 0.3 is 5.97 Å². The van der Waals surface area contributed by atoms with Gasteiger partial charge in [0.25, 0.3) is 5.91 Å². The molecule has 19 heavy (non-hydrogen) atoms. The number of carbonyl (C=O) groups is 2. The van der Waals surface area contributed by atoms with E-state index in [0.717, 1.165) is 31.7 Å². The number of likely N-dealkylation sites (tertiary alicyclic amines) is 1.